The molecule has 0 saturated carbocycles. The predicted octanol–water partition coefficient (Wildman–Crippen LogP) is -0.262. The monoisotopic (exact) mass is 1570 g/mol. The van der Waals surface area contributed by atoms with E-state index in [9.17, 15) is 106 Å². The maximum Gasteiger partial charge on any atom is 0.364 e. The van der Waals surface area contributed by atoms with Crippen molar-refractivity contribution in [2.24, 2.45) is 0 Å². The molecule has 5 aliphatic rings. The highest BCUT2D eigenvalue weighted by molar-refractivity contribution is 5.77. The molecule has 5 fully saturated rings. The fourth-order valence-electron chi connectivity index (χ4n) is 14.6. The van der Waals surface area contributed by atoms with Crippen molar-refractivity contribution in [3.63, 3.8) is 0 Å². The lowest BCUT2D eigenvalue weighted by Crippen LogP contribution is -2.70. The van der Waals surface area contributed by atoms with Crippen molar-refractivity contribution in [3.05, 3.63) is 12.2 Å². The average Bonchev–Trinajstić information content (AvgIpc) is 0.772. The zero-order valence-corrected chi connectivity index (χ0v) is 64.2. The number of rotatable bonds is 54. The van der Waals surface area contributed by atoms with Gasteiger partial charge in [0, 0.05) is 26.7 Å². The first-order valence-corrected chi connectivity index (χ1v) is 40.1. The molecule has 0 aromatic heterocycles. The summed E-state index contributed by atoms with van der Waals surface area (Å²) in [6, 6.07) is -4.54. The van der Waals surface area contributed by atoms with Gasteiger partial charge in [0.25, 0.3) is 5.79 Å². The molecule has 5 rings (SSSR count). The molecule has 10 unspecified atom stereocenters. The summed E-state index contributed by atoms with van der Waals surface area (Å²) in [6.07, 6.45) is -11.3. The van der Waals surface area contributed by atoms with Crippen LogP contribution in [0.5, 0.6) is 0 Å². The molecule has 20 N–H and O–H groups in total. The summed E-state index contributed by atoms with van der Waals surface area (Å²) in [5.74, 6) is -7.01. The Balaban J connectivity index is 1.24. The van der Waals surface area contributed by atoms with Crippen LogP contribution >= 0.6 is 0 Å². The highest BCUT2D eigenvalue weighted by Crippen LogP contribution is 2.38. The molecule has 0 bridgehead atoms. The molecule has 0 aliphatic carbocycles. The number of hydrogen-bond acceptors (Lipinski definition) is 30. The zero-order chi connectivity index (χ0) is 80.2. The van der Waals surface area contributed by atoms with E-state index in [0.717, 1.165) is 65.2 Å². The van der Waals surface area contributed by atoms with Crippen LogP contribution < -0.4 is 16.0 Å². The van der Waals surface area contributed by atoms with Gasteiger partial charge in [-0.2, -0.15) is 0 Å². The van der Waals surface area contributed by atoms with Gasteiger partial charge in [0.05, 0.1) is 63.9 Å². The molecule has 5 saturated heterocycles. The first-order valence-electron chi connectivity index (χ1n) is 40.1. The van der Waals surface area contributed by atoms with E-state index in [0.29, 0.717) is 12.8 Å². The molecule has 3 amide bonds. The number of aliphatic hydroxyl groups is 16. The Morgan fingerprint density at radius 3 is 1.43 bits per heavy atom. The third-order valence-corrected chi connectivity index (χ3v) is 21.1. The van der Waals surface area contributed by atoms with Gasteiger partial charge in [-0.25, -0.2) is 4.79 Å². The van der Waals surface area contributed by atoms with E-state index in [1.807, 2.05) is 6.08 Å². The lowest BCUT2D eigenvalue weighted by molar-refractivity contribution is -0.382. The maximum absolute atomic E-state index is 13.5. The molecule has 636 valence electrons. The molecule has 0 radical (unpaired) electrons. The number of carbonyl (C=O) groups excluding carboxylic acids is 3. The summed E-state index contributed by atoms with van der Waals surface area (Å²) in [5, 5.41) is 196. The number of unbranched alkanes of at least 4 members (excludes halogenated alkanes) is 27. The summed E-state index contributed by atoms with van der Waals surface area (Å²) in [4.78, 5) is 51.6. The SMILES string of the molecule is CCCCCCCCCCCCC/C=C/[C@@H](O)[C@H](CO[C@@H]1OC(CO)[C@@H](O[C@@H]2OC(CO)[C@H](O)[C@H](O[C@@H]3OC(CO)[C@@H](O)[C@H](O[C@@H]4OC(CO[C@]5(C(=O)O)CC(O)[C@@H](NC(C)=O)C([C@H](O)[C@H](O)CO)O5)[C@H](O)[C@H](O)C4O)C3NC(C)=O)C2O)[C@H](O)C1O)NC(=O)CCCCCCCCCCCCCCCCCCC. The van der Waals surface area contributed by atoms with Crippen LogP contribution in [-0.4, -0.2) is 321 Å². The van der Waals surface area contributed by atoms with Crippen LogP contribution in [0.15, 0.2) is 12.2 Å². The minimum Gasteiger partial charge on any atom is -0.477 e. The molecule has 109 heavy (non-hydrogen) atoms. The maximum atomic E-state index is 13.5. The van der Waals surface area contributed by atoms with Crippen LogP contribution in [0.3, 0.4) is 0 Å². The second kappa shape index (κ2) is 51.5. The predicted molar refractivity (Wildman–Crippen MR) is 388 cm³/mol. The summed E-state index contributed by atoms with van der Waals surface area (Å²) in [5.41, 5.74) is 0. The summed E-state index contributed by atoms with van der Waals surface area (Å²) in [7, 11) is 0. The Hall–Kier alpha value is -3.42. The van der Waals surface area contributed by atoms with Crippen molar-refractivity contribution < 1.29 is 153 Å². The Kier molecular flexibility index (Phi) is 45.5. The van der Waals surface area contributed by atoms with Gasteiger partial charge < -0.3 is 150 Å². The van der Waals surface area contributed by atoms with Gasteiger partial charge in [-0.15, -0.1) is 0 Å². The van der Waals surface area contributed by atoms with Gasteiger partial charge in [0.2, 0.25) is 17.7 Å². The number of hydrogen-bond donors (Lipinski definition) is 20. The van der Waals surface area contributed by atoms with Gasteiger partial charge in [-0.3, -0.25) is 14.4 Å². The number of carbonyl (C=O) groups is 4. The van der Waals surface area contributed by atoms with Crippen molar-refractivity contribution >= 4 is 23.7 Å². The number of aliphatic hydroxyl groups excluding tert-OH is 16. The van der Waals surface area contributed by atoms with Gasteiger partial charge in [-0.05, 0) is 19.3 Å². The van der Waals surface area contributed by atoms with Gasteiger partial charge in [0.1, 0.15) is 116 Å². The summed E-state index contributed by atoms with van der Waals surface area (Å²) < 4.78 is 58.8. The van der Waals surface area contributed by atoms with Crippen LogP contribution in [0.25, 0.3) is 0 Å². The van der Waals surface area contributed by atoms with Crippen molar-refractivity contribution in [3.8, 4) is 0 Å². The Bertz CT molecular complexity index is 2540. The fraction of sp³-hybridized carbons (Fsp3) is 0.920. The van der Waals surface area contributed by atoms with E-state index in [1.54, 1.807) is 6.08 Å². The van der Waals surface area contributed by atoms with Crippen LogP contribution in [0.1, 0.15) is 227 Å². The molecule has 5 aliphatic heterocycles. The number of aliphatic carboxylic acids is 1. The third kappa shape index (κ3) is 30.6. The number of ether oxygens (including phenoxy) is 10. The molecule has 28 atom stereocenters. The van der Waals surface area contributed by atoms with Gasteiger partial charge in [-0.1, -0.05) is 193 Å². The Labute approximate surface area is 640 Å². The van der Waals surface area contributed by atoms with E-state index in [1.165, 1.54) is 122 Å². The fourth-order valence-corrected chi connectivity index (χ4v) is 14.6. The first kappa shape index (κ1) is 96.2. The standard InChI is InChI=1S/C75H135N3O31/c1-5-7-9-11-13-15-17-19-20-21-22-24-26-28-30-32-34-36-54(88)78-46(47(85)35-33-31-29-27-25-23-18-16-14-12-10-8-6-2)42-100-71-64(96)62(94)66(52(41-82)104-71)106-73-65(97)69(60(92)51(40-81)103-73)108-70-56(77-45(4)84)67(59(91)50(39-80)102-70)107-72-63(95)61(93)58(90)53(105-72)43-101-75(74(98)99)37-48(86)55(76-44(3)83)68(109-75)57(89)49(87)38-79/h33,35,46-53,55-73,79-82,85-87,89-97H,5-32,34,36-43H2,1-4H3,(H,76,83)(H,77,84)(H,78,88)(H,98,99)/b35-33+/t46-,47+,48?,49+,50?,51?,52?,53?,55+,56?,57+,58-,59+,60-,61-,62+,63?,64?,65?,66+,67+,68?,69-,70-,71+,72-,73-,75+/m0/s1. The molecule has 5 heterocycles. The minimum absolute atomic E-state index is 0.171. The van der Waals surface area contributed by atoms with E-state index in [2.05, 4.69) is 29.8 Å². The second-order valence-electron chi connectivity index (χ2n) is 30.0. The quantitative estimate of drug-likeness (QED) is 0.0275. The van der Waals surface area contributed by atoms with Crippen LogP contribution in [0.4, 0.5) is 0 Å². The summed E-state index contributed by atoms with van der Waals surface area (Å²) in [6.45, 7) is 0.725. The third-order valence-electron chi connectivity index (χ3n) is 21.1. The Morgan fingerprint density at radius 1 is 0.486 bits per heavy atom. The van der Waals surface area contributed by atoms with E-state index in [4.69, 9.17) is 47.4 Å². The minimum atomic E-state index is -3.00. The topological polar surface area (TPSA) is 541 Å². The molecule has 34 nitrogen and oxygen atoms in total. The van der Waals surface area contributed by atoms with Gasteiger partial charge >= 0.3 is 5.97 Å². The van der Waals surface area contributed by atoms with Crippen molar-refractivity contribution in [1.82, 2.24) is 16.0 Å². The molecule has 0 aromatic carbocycles. The molecular weight excluding hydrogens is 1440 g/mol. The largest absolute Gasteiger partial charge is 0.477 e. The van der Waals surface area contributed by atoms with Crippen LogP contribution in [0.2, 0.25) is 0 Å². The van der Waals surface area contributed by atoms with E-state index in [-0.39, 0.29) is 12.3 Å². The van der Waals surface area contributed by atoms with Crippen LogP contribution in [0, 0.1) is 0 Å². The average molecular weight is 1570 g/mol. The van der Waals surface area contributed by atoms with Crippen molar-refractivity contribution in [2.75, 3.05) is 39.6 Å². The molecule has 0 aromatic rings. The first-order chi connectivity index (χ1) is 52.2. The number of amides is 3. The lowest BCUT2D eigenvalue weighted by Gasteiger charge is -2.50. The molecular formula is C75H135N3O31. The van der Waals surface area contributed by atoms with Crippen LogP contribution in [-0.2, 0) is 66.5 Å². The second-order valence-corrected chi connectivity index (χ2v) is 30.0. The Morgan fingerprint density at radius 2 is 0.927 bits per heavy atom. The molecule has 34 heteroatoms. The normalized spacial score (nSPS) is 34.2. The smallest absolute Gasteiger partial charge is 0.364 e. The number of allylic oxidation sites excluding steroid dienone is 1. The highest BCUT2D eigenvalue weighted by atomic mass is 16.8. The number of carboxylic acid groups (broad SMARTS) is 1. The number of carboxylic acids is 1. The lowest BCUT2D eigenvalue weighted by atomic mass is 9.88. The van der Waals surface area contributed by atoms with Crippen molar-refractivity contribution in [2.45, 2.75) is 398 Å². The van der Waals surface area contributed by atoms with E-state index >= 15 is 0 Å². The van der Waals surface area contributed by atoms with Gasteiger partial charge in [0.15, 0.2) is 25.2 Å². The molecule has 0 spiro atoms. The van der Waals surface area contributed by atoms with Crippen molar-refractivity contribution in [1.29, 1.82) is 0 Å². The zero-order valence-electron chi connectivity index (χ0n) is 64.2. The highest BCUT2D eigenvalue weighted by Gasteiger charge is 2.59. The van der Waals surface area contributed by atoms with E-state index < -0.39 is 235 Å². The summed E-state index contributed by atoms with van der Waals surface area (Å²) >= 11 is 0. The number of nitrogens with one attached hydrogen (secondary N) is 3.